The first-order valence-corrected chi connectivity index (χ1v) is 11.6. The molecule has 0 radical (unpaired) electrons. The molecular weight excluding hydrogens is 407 g/mol. The van der Waals surface area contributed by atoms with Crippen LogP contribution in [0.5, 0.6) is 5.75 Å². The van der Waals surface area contributed by atoms with Gasteiger partial charge in [-0.25, -0.2) is 4.39 Å². The zero-order chi connectivity index (χ0) is 22.7. The molecule has 1 aliphatic carbocycles. The maximum Gasteiger partial charge on any atom is 0.260 e. The number of ether oxygens (including phenoxy) is 1. The Balaban J connectivity index is 1.69. The number of halogens is 1. The van der Waals surface area contributed by atoms with Crippen LogP contribution in [0.1, 0.15) is 62.3 Å². The Bertz CT molecular complexity index is 970. The molecule has 0 spiro atoms. The van der Waals surface area contributed by atoms with Gasteiger partial charge in [0, 0.05) is 19.0 Å². The third kappa shape index (κ3) is 4.64. The Morgan fingerprint density at radius 2 is 1.88 bits per heavy atom. The molecule has 1 heterocycles. The van der Waals surface area contributed by atoms with E-state index in [0.29, 0.717) is 18.8 Å². The number of rotatable bonds is 6. The molecule has 1 saturated carbocycles. The van der Waals surface area contributed by atoms with Gasteiger partial charge in [0.2, 0.25) is 5.91 Å². The van der Waals surface area contributed by atoms with Crippen molar-refractivity contribution < 1.29 is 18.7 Å². The predicted octanol–water partition coefficient (Wildman–Crippen LogP) is 4.39. The zero-order valence-electron chi connectivity index (χ0n) is 18.8. The number of carbonyl (C=O) groups excluding carboxylic acids is 2. The van der Waals surface area contributed by atoms with Crippen molar-refractivity contribution in [2.75, 3.05) is 13.1 Å². The van der Waals surface area contributed by atoms with Crippen LogP contribution in [0.4, 0.5) is 4.39 Å². The highest BCUT2D eigenvalue weighted by molar-refractivity contribution is 5.81. The molecule has 2 aliphatic rings. The fourth-order valence-electron chi connectivity index (χ4n) is 4.89. The van der Waals surface area contributed by atoms with Gasteiger partial charge in [0.25, 0.3) is 5.91 Å². The van der Waals surface area contributed by atoms with Crippen LogP contribution in [0.15, 0.2) is 42.5 Å². The summed E-state index contributed by atoms with van der Waals surface area (Å²) in [6, 6.07) is 11.9. The quantitative estimate of drug-likeness (QED) is 0.728. The Labute approximate surface area is 188 Å². The first-order valence-electron chi connectivity index (χ1n) is 11.6. The van der Waals surface area contributed by atoms with Crippen molar-refractivity contribution in [3.8, 4) is 5.75 Å². The van der Waals surface area contributed by atoms with E-state index < -0.39 is 6.10 Å². The summed E-state index contributed by atoms with van der Waals surface area (Å²) in [6.07, 6.45) is 4.20. The zero-order valence-corrected chi connectivity index (χ0v) is 18.8. The van der Waals surface area contributed by atoms with Gasteiger partial charge in [0.05, 0.1) is 6.04 Å². The third-order valence-corrected chi connectivity index (χ3v) is 6.55. The molecule has 2 aromatic rings. The molecular formula is C26H31FN2O3. The van der Waals surface area contributed by atoms with Gasteiger partial charge < -0.3 is 15.0 Å². The van der Waals surface area contributed by atoms with Gasteiger partial charge in [0.15, 0.2) is 6.10 Å². The van der Waals surface area contributed by atoms with Gasteiger partial charge in [-0.1, -0.05) is 31.0 Å². The normalized spacial score (nSPS) is 19.3. The van der Waals surface area contributed by atoms with Crippen LogP contribution in [0.2, 0.25) is 0 Å². The summed E-state index contributed by atoms with van der Waals surface area (Å²) in [5.41, 5.74) is 3.01. The molecule has 2 unspecified atom stereocenters. The number of nitrogens with zero attached hydrogens (tertiary/aromatic N) is 1. The van der Waals surface area contributed by atoms with Crippen LogP contribution < -0.4 is 10.1 Å². The minimum atomic E-state index is -0.628. The van der Waals surface area contributed by atoms with Gasteiger partial charge in [-0.2, -0.15) is 0 Å². The van der Waals surface area contributed by atoms with Crippen molar-refractivity contribution in [3.05, 3.63) is 65.0 Å². The molecule has 1 fully saturated rings. The van der Waals surface area contributed by atoms with E-state index in [1.54, 1.807) is 19.1 Å². The summed E-state index contributed by atoms with van der Waals surface area (Å²) < 4.78 is 19.6. The van der Waals surface area contributed by atoms with Gasteiger partial charge in [-0.05, 0) is 74.1 Å². The fourth-order valence-corrected chi connectivity index (χ4v) is 4.89. The molecule has 0 aromatic heterocycles. The molecule has 2 aromatic carbocycles. The van der Waals surface area contributed by atoms with E-state index in [0.717, 1.165) is 48.8 Å². The average Bonchev–Trinajstić information content (AvgIpc) is 3.33. The minimum Gasteiger partial charge on any atom is -0.481 e. The van der Waals surface area contributed by atoms with Crippen molar-refractivity contribution in [1.82, 2.24) is 10.2 Å². The first-order chi connectivity index (χ1) is 15.5. The van der Waals surface area contributed by atoms with Gasteiger partial charge in [-0.3, -0.25) is 9.59 Å². The summed E-state index contributed by atoms with van der Waals surface area (Å²) in [7, 11) is 0. The lowest BCUT2D eigenvalue weighted by Gasteiger charge is -2.39. The van der Waals surface area contributed by atoms with Crippen molar-refractivity contribution in [2.45, 2.75) is 58.1 Å². The summed E-state index contributed by atoms with van der Waals surface area (Å²) in [5.74, 6) is 0.371. The van der Waals surface area contributed by atoms with Crippen LogP contribution in [-0.4, -0.2) is 35.9 Å². The van der Waals surface area contributed by atoms with E-state index in [4.69, 9.17) is 4.74 Å². The van der Waals surface area contributed by atoms with E-state index in [9.17, 15) is 14.0 Å². The molecule has 0 saturated heterocycles. The summed E-state index contributed by atoms with van der Waals surface area (Å²) >= 11 is 0. The number of carbonyl (C=O) groups is 2. The molecule has 5 nitrogen and oxygen atoms in total. The molecule has 170 valence electrons. The number of benzene rings is 2. The predicted molar refractivity (Wildman–Crippen MR) is 121 cm³/mol. The second-order valence-electron chi connectivity index (χ2n) is 8.73. The summed E-state index contributed by atoms with van der Waals surface area (Å²) in [5, 5.41) is 2.77. The molecule has 1 N–H and O–H groups in total. The Kier molecular flexibility index (Phi) is 6.77. The van der Waals surface area contributed by atoms with E-state index in [2.05, 4.69) is 5.32 Å². The van der Waals surface area contributed by atoms with Crippen LogP contribution in [0.25, 0.3) is 0 Å². The minimum absolute atomic E-state index is 0.0664. The van der Waals surface area contributed by atoms with Gasteiger partial charge in [0.1, 0.15) is 11.6 Å². The number of hydrogen-bond donors (Lipinski definition) is 1. The van der Waals surface area contributed by atoms with Gasteiger partial charge >= 0.3 is 0 Å². The standard InChI is InChI=1S/C26H31FN2O3/c1-3-28-25(30)17(2)32-22-13-10-18-14-15-29(26(31)20-6-4-5-7-20)24(23(18)16-22)19-8-11-21(27)12-9-19/h8-13,16-17,20,24H,3-7,14-15H2,1-2H3,(H,28,30). The maximum atomic E-state index is 13.7. The average molecular weight is 439 g/mol. The van der Waals surface area contributed by atoms with Gasteiger partial charge in [-0.15, -0.1) is 0 Å². The molecule has 2 atom stereocenters. The number of hydrogen-bond acceptors (Lipinski definition) is 3. The lowest BCUT2D eigenvalue weighted by atomic mass is 9.87. The van der Waals surface area contributed by atoms with Crippen LogP contribution in [-0.2, 0) is 16.0 Å². The molecule has 4 rings (SSSR count). The second-order valence-corrected chi connectivity index (χ2v) is 8.73. The maximum absolute atomic E-state index is 13.7. The number of likely N-dealkylation sites (N-methyl/N-ethyl adjacent to an activating group) is 1. The van der Waals surface area contributed by atoms with Crippen molar-refractivity contribution in [2.24, 2.45) is 5.92 Å². The number of fused-ring (bicyclic) bond motifs is 1. The van der Waals surface area contributed by atoms with Crippen molar-refractivity contribution in [1.29, 1.82) is 0 Å². The SMILES string of the molecule is CCNC(=O)C(C)Oc1ccc2c(c1)C(c1ccc(F)cc1)N(C(=O)C1CCCC1)CC2. The smallest absolute Gasteiger partial charge is 0.260 e. The Hall–Kier alpha value is -2.89. The van der Waals surface area contributed by atoms with Crippen molar-refractivity contribution in [3.63, 3.8) is 0 Å². The van der Waals surface area contributed by atoms with E-state index in [1.165, 1.54) is 12.1 Å². The third-order valence-electron chi connectivity index (χ3n) is 6.55. The highest BCUT2D eigenvalue weighted by atomic mass is 19.1. The van der Waals surface area contributed by atoms with Crippen LogP contribution in [0.3, 0.4) is 0 Å². The van der Waals surface area contributed by atoms with Crippen molar-refractivity contribution >= 4 is 11.8 Å². The number of amides is 2. The highest BCUT2D eigenvalue weighted by Crippen LogP contribution is 2.39. The first kappa shape index (κ1) is 22.3. The van der Waals surface area contributed by atoms with Crippen LogP contribution in [0, 0.1) is 11.7 Å². The fraction of sp³-hybridized carbons (Fsp3) is 0.462. The topological polar surface area (TPSA) is 58.6 Å². The van der Waals surface area contributed by atoms with Crippen LogP contribution >= 0.6 is 0 Å². The monoisotopic (exact) mass is 438 g/mol. The lowest BCUT2D eigenvalue weighted by Crippen LogP contribution is -2.43. The molecule has 2 amide bonds. The largest absolute Gasteiger partial charge is 0.481 e. The number of nitrogens with one attached hydrogen (secondary N) is 1. The van der Waals surface area contributed by atoms with E-state index in [-0.39, 0.29) is 29.6 Å². The molecule has 0 bridgehead atoms. The Morgan fingerprint density at radius 1 is 1.16 bits per heavy atom. The molecule has 32 heavy (non-hydrogen) atoms. The summed E-state index contributed by atoms with van der Waals surface area (Å²) in [4.78, 5) is 27.5. The molecule has 6 heteroatoms. The second kappa shape index (κ2) is 9.72. The highest BCUT2D eigenvalue weighted by Gasteiger charge is 2.36. The van der Waals surface area contributed by atoms with E-state index in [1.807, 2.05) is 30.0 Å². The summed E-state index contributed by atoms with van der Waals surface area (Å²) in [6.45, 7) is 4.77. The van der Waals surface area contributed by atoms with E-state index >= 15 is 0 Å². The Morgan fingerprint density at radius 3 is 2.56 bits per heavy atom. The lowest BCUT2D eigenvalue weighted by molar-refractivity contribution is -0.137. The molecule has 1 aliphatic heterocycles.